The molecule has 2 aromatic rings. The summed E-state index contributed by atoms with van der Waals surface area (Å²) in [6.07, 6.45) is 0. The number of rotatable bonds is 4. The van der Waals surface area contributed by atoms with Crippen LogP contribution in [-0.2, 0) is 9.53 Å². The van der Waals surface area contributed by atoms with E-state index < -0.39 is 12.0 Å². The average molecular weight is 351 g/mol. The van der Waals surface area contributed by atoms with Gasteiger partial charge in [0.05, 0.1) is 12.3 Å². The highest BCUT2D eigenvalue weighted by atomic mass is 79.9. The zero-order valence-electron chi connectivity index (χ0n) is 11.7. The van der Waals surface area contributed by atoms with Crippen molar-refractivity contribution >= 4 is 21.9 Å². The lowest BCUT2D eigenvalue weighted by Gasteiger charge is -2.13. The van der Waals surface area contributed by atoms with Crippen LogP contribution in [0.1, 0.15) is 19.9 Å². The van der Waals surface area contributed by atoms with E-state index in [2.05, 4.69) is 21.0 Å². The predicted molar refractivity (Wildman–Crippen MR) is 83.0 cm³/mol. The van der Waals surface area contributed by atoms with Gasteiger partial charge in [-0.15, -0.1) is 0 Å². The summed E-state index contributed by atoms with van der Waals surface area (Å²) < 4.78 is 6.99. The van der Waals surface area contributed by atoms with Crippen LogP contribution >= 0.6 is 15.9 Å². The fourth-order valence-electron chi connectivity index (χ4n) is 1.87. The fourth-order valence-corrected chi connectivity index (χ4v) is 2.27. The fraction of sp³-hybridized carbons (Fsp3) is 0.267. The quantitative estimate of drug-likeness (QED) is 0.795. The number of nitrogens with zero attached hydrogens (tertiary/aromatic N) is 2. The number of ether oxygens (including phenoxy) is 1. The van der Waals surface area contributed by atoms with Gasteiger partial charge in [-0.1, -0.05) is 28.1 Å². The zero-order chi connectivity index (χ0) is 15.4. The van der Waals surface area contributed by atoms with Gasteiger partial charge < -0.3 is 4.74 Å². The van der Waals surface area contributed by atoms with Crippen molar-refractivity contribution in [2.24, 2.45) is 0 Å². The molecule has 0 aliphatic rings. The van der Waals surface area contributed by atoms with Gasteiger partial charge in [-0.05, 0) is 32.0 Å². The van der Waals surface area contributed by atoms with E-state index in [1.165, 1.54) is 6.07 Å². The van der Waals surface area contributed by atoms with Crippen LogP contribution in [0.4, 0.5) is 0 Å². The Bertz CT molecular complexity index is 712. The second-order valence-corrected chi connectivity index (χ2v) is 5.36. The van der Waals surface area contributed by atoms with Gasteiger partial charge in [0.15, 0.2) is 6.04 Å². The standard InChI is InChI=1S/C15H15BrN2O3/c1-3-21-15(20)10(2)18-14(19)8-7-13(17-18)11-5-4-6-12(16)9-11/h4-10H,3H2,1-2H3/t10-/m0/s1. The van der Waals surface area contributed by atoms with E-state index in [0.29, 0.717) is 5.69 Å². The molecule has 0 fully saturated rings. The SMILES string of the molecule is CCOC(=O)[C@H](C)n1nc(-c2cccc(Br)c2)ccc1=O. The van der Waals surface area contributed by atoms with Gasteiger partial charge in [0, 0.05) is 16.1 Å². The molecule has 5 nitrogen and oxygen atoms in total. The highest BCUT2D eigenvalue weighted by Crippen LogP contribution is 2.20. The van der Waals surface area contributed by atoms with E-state index in [1.807, 2.05) is 24.3 Å². The van der Waals surface area contributed by atoms with E-state index in [0.717, 1.165) is 14.7 Å². The third kappa shape index (κ3) is 3.58. The number of benzene rings is 1. The molecule has 1 atom stereocenters. The average Bonchev–Trinajstić information content (AvgIpc) is 2.47. The molecule has 0 saturated carbocycles. The predicted octanol–water partition coefficient (Wildman–Crippen LogP) is 2.80. The minimum Gasteiger partial charge on any atom is -0.464 e. The Hall–Kier alpha value is -1.95. The van der Waals surface area contributed by atoms with Crippen molar-refractivity contribution in [1.29, 1.82) is 0 Å². The van der Waals surface area contributed by atoms with Gasteiger partial charge >= 0.3 is 5.97 Å². The Kier molecular flexibility index (Phi) is 4.90. The first kappa shape index (κ1) is 15.4. The van der Waals surface area contributed by atoms with E-state index in [-0.39, 0.29) is 12.2 Å². The van der Waals surface area contributed by atoms with Crippen LogP contribution in [0.2, 0.25) is 0 Å². The molecule has 0 bridgehead atoms. The lowest BCUT2D eigenvalue weighted by Crippen LogP contribution is -2.31. The summed E-state index contributed by atoms with van der Waals surface area (Å²) in [6, 6.07) is 9.84. The van der Waals surface area contributed by atoms with Gasteiger partial charge in [-0.25, -0.2) is 9.48 Å². The molecule has 0 spiro atoms. The summed E-state index contributed by atoms with van der Waals surface area (Å²) in [5, 5.41) is 4.27. The molecule has 1 aromatic heterocycles. The van der Waals surface area contributed by atoms with E-state index in [9.17, 15) is 9.59 Å². The summed E-state index contributed by atoms with van der Waals surface area (Å²) in [5.41, 5.74) is 1.13. The van der Waals surface area contributed by atoms with Crippen LogP contribution in [0.5, 0.6) is 0 Å². The lowest BCUT2D eigenvalue weighted by molar-refractivity contribution is -0.147. The molecule has 110 valence electrons. The Morgan fingerprint density at radius 1 is 1.38 bits per heavy atom. The molecule has 0 amide bonds. The van der Waals surface area contributed by atoms with E-state index >= 15 is 0 Å². The second-order valence-electron chi connectivity index (χ2n) is 4.44. The topological polar surface area (TPSA) is 61.2 Å². The Morgan fingerprint density at radius 2 is 2.14 bits per heavy atom. The Morgan fingerprint density at radius 3 is 2.81 bits per heavy atom. The molecule has 0 aliphatic heterocycles. The molecule has 0 aliphatic carbocycles. The molecule has 6 heteroatoms. The molecule has 21 heavy (non-hydrogen) atoms. The number of hydrogen-bond acceptors (Lipinski definition) is 4. The van der Waals surface area contributed by atoms with Crippen molar-refractivity contribution in [3.8, 4) is 11.3 Å². The van der Waals surface area contributed by atoms with Gasteiger partial charge in [0.2, 0.25) is 0 Å². The summed E-state index contributed by atoms with van der Waals surface area (Å²) in [7, 11) is 0. The zero-order valence-corrected chi connectivity index (χ0v) is 13.3. The number of carbonyl (C=O) groups is 1. The van der Waals surface area contributed by atoms with Crippen molar-refractivity contribution in [3.05, 3.63) is 51.2 Å². The monoisotopic (exact) mass is 350 g/mol. The maximum absolute atomic E-state index is 11.9. The molecule has 2 rings (SSSR count). The smallest absolute Gasteiger partial charge is 0.330 e. The van der Waals surface area contributed by atoms with E-state index in [4.69, 9.17) is 4.74 Å². The first-order chi connectivity index (χ1) is 10.0. The second kappa shape index (κ2) is 6.67. The lowest BCUT2D eigenvalue weighted by atomic mass is 10.1. The number of carbonyl (C=O) groups excluding carboxylic acids is 1. The molecular weight excluding hydrogens is 336 g/mol. The molecule has 0 radical (unpaired) electrons. The summed E-state index contributed by atoms with van der Waals surface area (Å²) in [6.45, 7) is 3.58. The summed E-state index contributed by atoms with van der Waals surface area (Å²) in [5.74, 6) is -0.474. The normalized spacial score (nSPS) is 12.0. The van der Waals surface area contributed by atoms with Crippen LogP contribution < -0.4 is 5.56 Å². The molecule has 1 aromatic carbocycles. The Labute approximate surface area is 130 Å². The summed E-state index contributed by atoms with van der Waals surface area (Å²) in [4.78, 5) is 23.7. The largest absolute Gasteiger partial charge is 0.464 e. The van der Waals surface area contributed by atoms with Crippen molar-refractivity contribution in [1.82, 2.24) is 9.78 Å². The molecule has 0 saturated heterocycles. The van der Waals surface area contributed by atoms with Crippen LogP contribution in [0.25, 0.3) is 11.3 Å². The summed E-state index contributed by atoms with van der Waals surface area (Å²) >= 11 is 3.39. The van der Waals surface area contributed by atoms with Crippen molar-refractivity contribution in [3.63, 3.8) is 0 Å². The minimum absolute atomic E-state index is 0.267. The van der Waals surface area contributed by atoms with Crippen molar-refractivity contribution in [2.75, 3.05) is 6.61 Å². The van der Waals surface area contributed by atoms with Crippen LogP contribution in [0.3, 0.4) is 0 Å². The first-order valence-corrected chi connectivity index (χ1v) is 7.34. The highest BCUT2D eigenvalue weighted by molar-refractivity contribution is 9.10. The Balaban J connectivity index is 2.42. The molecule has 0 unspecified atom stereocenters. The van der Waals surface area contributed by atoms with Crippen molar-refractivity contribution in [2.45, 2.75) is 19.9 Å². The van der Waals surface area contributed by atoms with Gasteiger partial charge in [0.25, 0.3) is 5.56 Å². The van der Waals surface area contributed by atoms with Gasteiger partial charge in [-0.3, -0.25) is 4.79 Å². The van der Waals surface area contributed by atoms with Gasteiger partial charge in [0.1, 0.15) is 0 Å². The number of halogens is 1. The van der Waals surface area contributed by atoms with Crippen LogP contribution in [-0.4, -0.2) is 22.4 Å². The van der Waals surface area contributed by atoms with E-state index in [1.54, 1.807) is 19.9 Å². The molecule has 1 heterocycles. The third-order valence-corrected chi connectivity index (χ3v) is 3.43. The number of hydrogen-bond donors (Lipinski definition) is 0. The number of esters is 1. The highest BCUT2D eigenvalue weighted by Gasteiger charge is 2.19. The van der Waals surface area contributed by atoms with Crippen LogP contribution in [0, 0.1) is 0 Å². The van der Waals surface area contributed by atoms with Gasteiger partial charge in [-0.2, -0.15) is 5.10 Å². The third-order valence-electron chi connectivity index (χ3n) is 2.94. The first-order valence-electron chi connectivity index (χ1n) is 6.55. The maximum Gasteiger partial charge on any atom is 0.330 e. The van der Waals surface area contributed by atoms with Crippen LogP contribution in [0.15, 0.2) is 45.7 Å². The number of aromatic nitrogens is 2. The van der Waals surface area contributed by atoms with Crippen molar-refractivity contribution < 1.29 is 9.53 Å². The molecule has 0 N–H and O–H groups in total. The molecular formula is C15H15BrN2O3. The maximum atomic E-state index is 11.9. The minimum atomic E-state index is -0.760.